The second-order valence-electron chi connectivity index (χ2n) is 5.23. The van der Waals surface area contributed by atoms with Gasteiger partial charge in [0.1, 0.15) is 13.2 Å². The van der Waals surface area contributed by atoms with E-state index in [0.29, 0.717) is 36.0 Å². The van der Waals surface area contributed by atoms with E-state index >= 15 is 0 Å². The predicted octanol–water partition coefficient (Wildman–Crippen LogP) is 3.26. The van der Waals surface area contributed by atoms with E-state index in [0.717, 1.165) is 10.9 Å². The topological polar surface area (TPSA) is 60.5 Å². The number of nitrogens with one attached hydrogen (secondary N) is 1. The summed E-state index contributed by atoms with van der Waals surface area (Å²) >= 11 is 0. The number of carbonyl (C=O) groups excluding carboxylic acids is 1. The summed E-state index contributed by atoms with van der Waals surface area (Å²) in [6.07, 6.45) is 1.65. The highest BCUT2D eigenvalue weighted by molar-refractivity contribution is 6.05. The largest absolute Gasteiger partial charge is 0.486 e. The van der Waals surface area contributed by atoms with Gasteiger partial charge in [0, 0.05) is 10.9 Å². The molecule has 1 N–H and O–H groups in total. The van der Waals surface area contributed by atoms with Gasteiger partial charge in [-0.2, -0.15) is 0 Å². The fourth-order valence-corrected chi connectivity index (χ4v) is 2.53. The van der Waals surface area contributed by atoms with Crippen molar-refractivity contribution in [2.24, 2.45) is 0 Å². The highest BCUT2D eigenvalue weighted by Gasteiger charge is 2.15. The number of para-hydroxylation sites is 1. The van der Waals surface area contributed by atoms with E-state index < -0.39 is 0 Å². The number of carbonyl (C=O) groups is 1. The van der Waals surface area contributed by atoms with Gasteiger partial charge >= 0.3 is 0 Å². The van der Waals surface area contributed by atoms with Crippen LogP contribution in [0.2, 0.25) is 0 Å². The molecule has 3 aromatic rings. The van der Waals surface area contributed by atoms with Gasteiger partial charge in [0.05, 0.1) is 17.4 Å². The van der Waals surface area contributed by atoms with Gasteiger partial charge in [-0.15, -0.1) is 0 Å². The number of nitrogens with zero attached hydrogens (tertiary/aromatic N) is 1. The van der Waals surface area contributed by atoms with Crippen LogP contribution in [0, 0.1) is 0 Å². The molecule has 1 amide bonds. The van der Waals surface area contributed by atoms with Gasteiger partial charge in [-0.05, 0) is 30.3 Å². The van der Waals surface area contributed by atoms with Gasteiger partial charge in [-0.1, -0.05) is 18.2 Å². The van der Waals surface area contributed by atoms with Crippen molar-refractivity contribution in [2.75, 3.05) is 18.5 Å². The monoisotopic (exact) mass is 306 g/mol. The first-order valence-electron chi connectivity index (χ1n) is 7.35. The fourth-order valence-electron chi connectivity index (χ4n) is 2.53. The Bertz CT molecular complexity index is 892. The first-order chi connectivity index (χ1) is 11.3. The molecule has 0 fully saturated rings. The Hall–Kier alpha value is -3.08. The van der Waals surface area contributed by atoms with E-state index in [4.69, 9.17) is 9.47 Å². The molecule has 0 bridgehead atoms. The minimum atomic E-state index is -0.209. The second kappa shape index (κ2) is 5.61. The van der Waals surface area contributed by atoms with Crippen LogP contribution in [0.3, 0.4) is 0 Å². The Morgan fingerprint density at radius 1 is 1.00 bits per heavy atom. The van der Waals surface area contributed by atoms with Crippen LogP contribution in [0.1, 0.15) is 10.4 Å². The molecular weight excluding hydrogens is 292 g/mol. The van der Waals surface area contributed by atoms with Crippen LogP contribution in [-0.4, -0.2) is 24.1 Å². The molecule has 5 nitrogen and oxygen atoms in total. The molecule has 2 heterocycles. The van der Waals surface area contributed by atoms with Crippen LogP contribution >= 0.6 is 0 Å². The molecule has 0 saturated heterocycles. The Morgan fingerprint density at radius 3 is 2.74 bits per heavy atom. The Balaban J connectivity index is 1.59. The lowest BCUT2D eigenvalue weighted by Gasteiger charge is -2.18. The molecule has 0 unspecified atom stereocenters. The minimum absolute atomic E-state index is 0.209. The SMILES string of the molecule is O=C(Nc1cnc2ccccc2c1)c1ccc2c(c1)OCCO2. The summed E-state index contributed by atoms with van der Waals surface area (Å²) < 4.78 is 11.0. The van der Waals surface area contributed by atoms with Crippen LogP contribution in [-0.2, 0) is 0 Å². The number of amides is 1. The summed E-state index contributed by atoms with van der Waals surface area (Å²) in [4.78, 5) is 16.7. The van der Waals surface area contributed by atoms with Gasteiger partial charge in [0.2, 0.25) is 0 Å². The number of hydrogen-bond donors (Lipinski definition) is 1. The third-order valence-electron chi connectivity index (χ3n) is 3.65. The smallest absolute Gasteiger partial charge is 0.255 e. The van der Waals surface area contributed by atoms with Gasteiger partial charge in [-0.3, -0.25) is 9.78 Å². The average Bonchev–Trinajstić information content (AvgIpc) is 2.61. The molecule has 4 rings (SSSR count). The molecule has 1 aromatic heterocycles. The van der Waals surface area contributed by atoms with E-state index in [-0.39, 0.29) is 5.91 Å². The molecule has 0 spiro atoms. The lowest BCUT2D eigenvalue weighted by Crippen LogP contribution is -2.17. The standard InChI is InChI=1S/C18H14N2O3/c21-18(13-5-6-16-17(10-13)23-8-7-22-16)20-14-9-12-3-1-2-4-15(12)19-11-14/h1-6,9-11H,7-8H2,(H,20,21). The van der Waals surface area contributed by atoms with Crippen LogP contribution in [0.5, 0.6) is 11.5 Å². The minimum Gasteiger partial charge on any atom is -0.486 e. The van der Waals surface area contributed by atoms with Crippen LogP contribution in [0.25, 0.3) is 10.9 Å². The molecule has 0 saturated carbocycles. The van der Waals surface area contributed by atoms with Crippen molar-refractivity contribution >= 4 is 22.5 Å². The number of hydrogen-bond acceptors (Lipinski definition) is 4. The molecule has 0 atom stereocenters. The summed E-state index contributed by atoms with van der Waals surface area (Å²) in [6, 6.07) is 14.8. The number of benzene rings is 2. The molecule has 0 aliphatic carbocycles. The van der Waals surface area contributed by atoms with Crippen molar-refractivity contribution < 1.29 is 14.3 Å². The Kier molecular flexibility index (Phi) is 3.31. The van der Waals surface area contributed by atoms with Crippen LogP contribution in [0.4, 0.5) is 5.69 Å². The normalized spacial score (nSPS) is 12.9. The summed E-state index contributed by atoms with van der Waals surface area (Å²) in [5.41, 5.74) is 2.07. The molecule has 1 aliphatic rings. The average molecular weight is 306 g/mol. The maximum Gasteiger partial charge on any atom is 0.255 e. The van der Waals surface area contributed by atoms with E-state index in [1.807, 2.05) is 30.3 Å². The van der Waals surface area contributed by atoms with Crippen molar-refractivity contribution in [3.63, 3.8) is 0 Å². The summed E-state index contributed by atoms with van der Waals surface area (Å²) in [7, 11) is 0. The number of pyridine rings is 1. The van der Waals surface area contributed by atoms with Crippen molar-refractivity contribution in [2.45, 2.75) is 0 Å². The quantitative estimate of drug-likeness (QED) is 0.789. The zero-order valence-corrected chi connectivity index (χ0v) is 12.3. The lowest BCUT2D eigenvalue weighted by molar-refractivity contribution is 0.102. The van der Waals surface area contributed by atoms with Gasteiger partial charge in [0.25, 0.3) is 5.91 Å². The maximum absolute atomic E-state index is 12.4. The summed E-state index contributed by atoms with van der Waals surface area (Å²) in [6.45, 7) is 1.02. The zero-order valence-electron chi connectivity index (χ0n) is 12.3. The number of ether oxygens (including phenoxy) is 2. The van der Waals surface area contributed by atoms with E-state index in [1.165, 1.54) is 0 Å². The van der Waals surface area contributed by atoms with Crippen LogP contribution in [0.15, 0.2) is 54.7 Å². The number of anilines is 1. The molecule has 114 valence electrons. The molecule has 2 aromatic carbocycles. The van der Waals surface area contributed by atoms with Crippen LogP contribution < -0.4 is 14.8 Å². The summed E-state index contributed by atoms with van der Waals surface area (Å²) in [5, 5.41) is 3.84. The summed E-state index contributed by atoms with van der Waals surface area (Å²) in [5.74, 6) is 1.06. The van der Waals surface area contributed by atoms with Gasteiger partial charge in [-0.25, -0.2) is 0 Å². The number of aromatic nitrogens is 1. The molecule has 5 heteroatoms. The lowest BCUT2D eigenvalue weighted by atomic mass is 10.1. The predicted molar refractivity (Wildman–Crippen MR) is 87.1 cm³/mol. The van der Waals surface area contributed by atoms with Crippen molar-refractivity contribution in [3.8, 4) is 11.5 Å². The maximum atomic E-state index is 12.4. The third-order valence-corrected chi connectivity index (χ3v) is 3.65. The van der Waals surface area contributed by atoms with Crippen molar-refractivity contribution in [1.82, 2.24) is 4.98 Å². The molecule has 23 heavy (non-hydrogen) atoms. The van der Waals surface area contributed by atoms with Gasteiger partial charge < -0.3 is 14.8 Å². The molecule has 1 aliphatic heterocycles. The van der Waals surface area contributed by atoms with Crippen molar-refractivity contribution in [1.29, 1.82) is 0 Å². The Labute approximate surface area is 132 Å². The molecule has 0 radical (unpaired) electrons. The van der Waals surface area contributed by atoms with Crippen molar-refractivity contribution in [3.05, 3.63) is 60.3 Å². The highest BCUT2D eigenvalue weighted by Crippen LogP contribution is 2.31. The van der Waals surface area contributed by atoms with E-state index in [9.17, 15) is 4.79 Å². The number of fused-ring (bicyclic) bond motifs is 2. The van der Waals surface area contributed by atoms with Gasteiger partial charge in [0.15, 0.2) is 11.5 Å². The Morgan fingerprint density at radius 2 is 1.83 bits per heavy atom. The second-order valence-corrected chi connectivity index (χ2v) is 5.23. The van der Waals surface area contributed by atoms with E-state index in [1.54, 1.807) is 24.4 Å². The first-order valence-corrected chi connectivity index (χ1v) is 7.35. The molecular formula is C18H14N2O3. The highest BCUT2D eigenvalue weighted by atomic mass is 16.6. The zero-order chi connectivity index (χ0) is 15.6. The fraction of sp³-hybridized carbons (Fsp3) is 0.111. The number of rotatable bonds is 2. The third kappa shape index (κ3) is 2.68. The van der Waals surface area contributed by atoms with E-state index in [2.05, 4.69) is 10.3 Å². The first kappa shape index (κ1) is 13.6.